The Labute approximate surface area is 156 Å². The van der Waals surface area contributed by atoms with E-state index in [-0.39, 0.29) is 6.10 Å². The second kappa shape index (κ2) is 6.13. The molecule has 1 atom stereocenters. The number of hydrogen-bond donors (Lipinski definition) is 1. The first kappa shape index (κ1) is 17.1. The zero-order valence-electron chi connectivity index (χ0n) is 15.2. The predicted octanol–water partition coefficient (Wildman–Crippen LogP) is 4.46. The van der Waals surface area contributed by atoms with E-state index in [0.717, 1.165) is 40.7 Å². The summed E-state index contributed by atoms with van der Waals surface area (Å²) < 4.78 is 11.4. The fourth-order valence-corrected chi connectivity index (χ4v) is 4.53. The number of anilines is 1. The number of nitrogens with zero attached hydrogens (tertiary/aromatic N) is 1. The number of thiophene rings is 1. The van der Waals surface area contributed by atoms with E-state index in [1.165, 1.54) is 16.9 Å². The van der Waals surface area contributed by atoms with Crippen LogP contribution in [0.4, 0.5) is 5.69 Å². The van der Waals surface area contributed by atoms with E-state index in [4.69, 9.17) is 20.2 Å². The number of hydrogen-bond acceptors (Lipinski definition) is 6. The Kier molecular flexibility index (Phi) is 4.03. The van der Waals surface area contributed by atoms with Gasteiger partial charge in [0, 0.05) is 16.6 Å². The molecule has 5 nitrogen and oxygen atoms in total. The van der Waals surface area contributed by atoms with Gasteiger partial charge in [0.05, 0.1) is 11.9 Å². The lowest BCUT2D eigenvalue weighted by Crippen LogP contribution is -2.23. The van der Waals surface area contributed by atoms with Gasteiger partial charge in [-0.1, -0.05) is 6.08 Å². The first-order valence-electron chi connectivity index (χ1n) is 8.81. The highest BCUT2D eigenvalue weighted by Gasteiger charge is 2.31. The zero-order valence-corrected chi connectivity index (χ0v) is 16.0. The van der Waals surface area contributed by atoms with Gasteiger partial charge in [0.15, 0.2) is 0 Å². The van der Waals surface area contributed by atoms with Crippen molar-refractivity contribution in [2.45, 2.75) is 51.7 Å². The van der Waals surface area contributed by atoms with Gasteiger partial charge in [-0.25, -0.2) is 9.78 Å². The molecule has 2 aromatic rings. The van der Waals surface area contributed by atoms with Crippen LogP contribution in [-0.4, -0.2) is 16.6 Å². The van der Waals surface area contributed by atoms with E-state index in [2.05, 4.69) is 0 Å². The van der Waals surface area contributed by atoms with Crippen molar-refractivity contribution in [1.29, 1.82) is 0 Å². The highest BCUT2D eigenvalue weighted by molar-refractivity contribution is 7.21. The molecule has 1 aliphatic carbocycles. The molecule has 0 saturated carbocycles. The number of aryl methyl sites for hydroxylation is 1. The fraction of sp³-hybridized carbons (Fsp3) is 0.400. The number of carbonyl (C=O) groups excluding carboxylic acids is 1. The minimum atomic E-state index is -0.572. The predicted molar refractivity (Wildman–Crippen MR) is 103 cm³/mol. The average molecular weight is 370 g/mol. The third kappa shape index (κ3) is 2.88. The van der Waals surface area contributed by atoms with Crippen LogP contribution in [0.1, 0.15) is 59.8 Å². The van der Waals surface area contributed by atoms with Crippen LogP contribution >= 0.6 is 11.3 Å². The number of allylic oxidation sites excluding steroid dienone is 2. The maximum Gasteiger partial charge on any atom is 0.351 e. The highest BCUT2D eigenvalue weighted by Crippen LogP contribution is 2.44. The number of nitrogens with two attached hydrogens (primary N) is 1. The molecule has 26 heavy (non-hydrogen) atoms. The number of rotatable bonds is 2. The number of carbonyl (C=O) groups is 1. The summed E-state index contributed by atoms with van der Waals surface area (Å²) in [6.07, 6.45) is 10.3. The van der Waals surface area contributed by atoms with E-state index in [1.54, 1.807) is 6.26 Å². The number of nitrogen functional groups attached to an aromatic ring is 1. The summed E-state index contributed by atoms with van der Waals surface area (Å²) in [5.41, 5.74) is 9.66. The second-order valence-corrected chi connectivity index (χ2v) is 8.60. The summed E-state index contributed by atoms with van der Waals surface area (Å²) in [6, 6.07) is 0. The molecule has 0 amide bonds. The van der Waals surface area contributed by atoms with Crippen molar-refractivity contribution in [1.82, 2.24) is 4.98 Å². The Balaban J connectivity index is 1.90. The minimum Gasteiger partial charge on any atom is -0.489 e. The van der Waals surface area contributed by atoms with E-state index < -0.39 is 11.6 Å². The maximum atomic E-state index is 12.6. The first-order chi connectivity index (χ1) is 12.3. The van der Waals surface area contributed by atoms with Crippen LogP contribution in [-0.2, 0) is 22.3 Å². The second-order valence-electron chi connectivity index (χ2n) is 7.60. The fourth-order valence-electron chi connectivity index (χ4n) is 3.53. The molecule has 4 rings (SSSR count). The smallest absolute Gasteiger partial charge is 0.351 e. The van der Waals surface area contributed by atoms with Crippen molar-refractivity contribution >= 4 is 33.2 Å². The summed E-state index contributed by atoms with van der Waals surface area (Å²) in [6.45, 7) is 5.54. The Morgan fingerprint density at radius 1 is 1.35 bits per heavy atom. The summed E-state index contributed by atoms with van der Waals surface area (Å²) >= 11 is 1.31. The molecule has 6 heteroatoms. The van der Waals surface area contributed by atoms with Gasteiger partial charge in [-0.15, -0.1) is 11.3 Å². The Morgan fingerprint density at radius 3 is 2.85 bits per heavy atom. The van der Waals surface area contributed by atoms with Crippen LogP contribution in [0.15, 0.2) is 24.5 Å². The number of ether oxygens (including phenoxy) is 2. The van der Waals surface area contributed by atoms with E-state index in [1.807, 2.05) is 39.0 Å². The van der Waals surface area contributed by atoms with Gasteiger partial charge in [0.2, 0.25) is 0 Å². The molecule has 0 saturated heterocycles. The normalized spacial score (nSPS) is 18.8. The van der Waals surface area contributed by atoms with Gasteiger partial charge in [0.25, 0.3) is 0 Å². The number of fused-ring (bicyclic) bond motifs is 2. The van der Waals surface area contributed by atoms with Gasteiger partial charge < -0.3 is 15.2 Å². The number of esters is 1. The van der Waals surface area contributed by atoms with Crippen LogP contribution in [0.25, 0.3) is 10.2 Å². The van der Waals surface area contributed by atoms with Gasteiger partial charge >= 0.3 is 5.97 Å². The maximum absolute atomic E-state index is 12.6. The van der Waals surface area contributed by atoms with Gasteiger partial charge in [-0.3, -0.25) is 0 Å². The molecule has 0 fully saturated rings. The van der Waals surface area contributed by atoms with E-state index in [0.29, 0.717) is 10.6 Å². The highest BCUT2D eigenvalue weighted by atomic mass is 32.1. The largest absolute Gasteiger partial charge is 0.489 e. The quantitative estimate of drug-likeness (QED) is 0.790. The van der Waals surface area contributed by atoms with Crippen molar-refractivity contribution in [3.63, 3.8) is 0 Å². The standard InChI is InChI=1S/C20H22N2O3S/c1-20(2,3)25-19(23)17-16(21)15-14(13-9-4-5-10-24-13)11-7-6-8-12(11)22-18(15)26-17/h4-5,9-10,13H,6-8,21H2,1-3H3. The Bertz CT molecular complexity index is 950. The number of aromatic nitrogens is 1. The summed E-state index contributed by atoms with van der Waals surface area (Å²) in [5, 5.41) is 0.835. The summed E-state index contributed by atoms with van der Waals surface area (Å²) in [5.74, 6) is -0.399. The zero-order chi connectivity index (χ0) is 18.5. The molecular weight excluding hydrogens is 348 g/mol. The molecular formula is C20H22N2O3S. The minimum absolute atomic E-state index is 0.208. The number of pyridine rings is 1. The van der Waals surface area contributed by atoms with Gasteiger partial charge in [-0.05, 0) is 57.7 Å². The first-order valence-corrected chi connectivity index (χ1v) is 9.62. The molecule has 136 valence electrons. The Hall–Kier alpha value is -2.34. The topological polar surface area (TPSA) is 74.4 Å². The molecule has 0 aromatic carbocycles. The van der Waals surface area contributed by atoms with Crippen LogP contribution in [0.3, 0.4) is 0 Å². The third-order valence-corrected chi connectivity index (χ3v) is 5.60. The SMILES string of the molecule is CC(C)(C)OC(=O)c1sc2nc3c(c(C4C=CC=CO4)c2c1N)CCC3. The monoisotopic (exact) mass is 370 g/mol. The molecule has 1 aliphatic heterocycles. The van der Waals surface area contributed by atoms with Gasteiger partial charge in [-0.2, -0.15) is 0 Å². The van der Waals surface area contributed by atoms with Crippen molar-refractivity contribution in [3.05, 3.63) is 46.2 Å². The van der Waals surface area contributed by atoms with E-state index >= 15 is 0 Å². The molecule has 1 unspecified atom stereocenters. The summed E-state index contributed by atoms with van der Waals surface area (Å²) in [4.78, 5) is 18.6. The Morgan fingerprint density at radius 2 is 2.15 bits per heavy atom. The van der Waals surface area contributed by atoms with E-state index in [9.17, 15) is 4.79 Å². The lowest BCUT2D eigenvalue weighted by molar-refractivity contribution is 0.00764. The lowest BCUT2D eigenvalue weighted by atomic mass is 9.97. The van der Waals surface area contributed by atoms with Crippen molar-refractivity contribution in [2.24, 2.45) is 0 Å². The van der Waals surface area contributed by atoms with Crippen LogP contribution < -0.4 is 5.73 Å². The lowest BCUT2D eigenvalue weighted by Gasteiger charge is -2.20. The van der Waals surface area contributed by atoms with Crippen LogP contribution in [0.5, 0.6) is 0 Å². The van der Waals surface area contributed by atoms with Crippen LogP contribution in [0.2, 0.25) is 0 Å². The van der Waals surface area contributed by atoms with Crippen LogP contribution in [0, 0.1) is 0 Å². The molecule has 0 bridgehead atoms. The average Bonchev–Trinajstić information content (AvgIpc) is 3.17. The third-order valence-electron chi connectivity index (χ3n) is 4.52. The molecule has 0 spiro atoms. The van der Waals surface area contributed by atoms with Crippen molar-refractivity contribution in [2.75, 3.05) is 5.73 Å². The molecule has 0 radical (unpaired) electrons. The molecule has 2 aromatic heterocycles. The van der Waals surface area contributed by atoms with Crippen molar-refractivity contribution < 1.29 is 14.3 Å². The summed E-state index contributed by atoms with van der Waals surface area (Å²) in [7, 11) is 0. The molecule has 2 N–H and O–H groups in total. The molecule has 2 aliphatic rings. The van der Waals surface area contributed by atoms with Crippen molar-refractivity contribution in [3.8, 4) is 0 Å². The van der Waals surface area contributed by atoms with Gasteiger partial charge in [0.1, 0.15) is 21.4 Å². The molecule has 3 heterocycles.